The minimum atomic E-state index is -0.392. The molecule has 100 valence electrons. The molecule has 1 aromatic rings. The van der Waals surface area contributed by atoms with Gasteiger partial charge in [-0.3, -0.25) is 9.59 Å². The third-order valence-corrected chi connectivity index (χ3v) is 3.86. The van der Waals surface area contributed by atoms with Gasteiger partial charge in [0, 0.05) is 24.9 Å². The lowest BCUT2D eigenvalue weighted by molar-refractivity contribution is -0.130. The standard InChI is InChI=1S/C14H16N2O3/c15-14(18)9-7-13(17)16(8-9)11-5-6-19-12-4-2-1-3-10(11)12/h1-4,9,11H,5-8H2,(H2,15,18). The summed E-state index contributed by atoms with van der Waals surface area (Å²) in [7, 11) is 0. The molecular weight excluding hydrogens is 244 g/mol. The first-order valence-corrected chi connectivity index (χ1v) is 6.47. The molecular formula is C14H16N2O3. The molecule has 0 aromatic heterocycles. The van der Waals surface area contributed by atoms with E-state index in [0.717, 1.165) is 17.7 Å². The third-order valence-electron chi connectivity index (χ3n) is 3.86. The van der Waals surface area contributed by atoms with Crippen LogP contribution in [-0.2, 0) is 9.59 Å². The maximum atomic E-state index is 12.1. The van der Waals surface area contributed by atoms with Gasteiger partial charge >= 0.3 is 0 Å². The molecule has 19 heavy (non-hydrogen) atoms. The molecule has 0 radical (unpaired) electrons. The molecule has 2 unspecified atom stereocenters. The van der Waals surface area contributed by atoms with Gasteiger partial charge in [0.2, 0.25) is 11.8 Å². The monoisotopic (exact) mass is 260 g/mol. The van der Waals surface area contributed by atoms with Crippen molar-refractivity contribution < 1.29 is 14.3 Å². The number of nitrogens with two attached hydrogens (primary N) is 1. The second-order valence-corrected chi connectivity index (χ2v) is 5.04. The van der Waals surface area contributed by atoms with Crippen LogP contribution in [0.3, 0.4) is 0 Å². The summed E-state index contributed by atoms with van der Waals surface area (Å²) in [4.78, 5) is 25.1. The number of fused-ring (bicyclic) bond motifs is 1. The van der Waals surface area contributed by atoms with Crippen molar-refractivity contribution in [2.45, 2.75) is 18.9 Å². The largest absolute Gasteiger partial charge is 0.493 e. The molecule has 3 rings (SSSR count). The fourth-order valence-electron chi connectivity index (χ4n) is 2.87. The first-order valence-electron chi connectivity index (χ1n) is 6.47. The van der Waals surface area contributed by atoms with Crippen LogP contribution in [0.2, 0.25) is 0 Å². The average Bonchev–Trinajstić information content (AvgIpc) is 2.80. The Labute approximate surface area is 111 Å². The Bertz CT molecular complexity index is 529. The smallest absolute Gasteiger partial charge is 0.223 e. The molecule has 5 heteroatoms. The van der Waals surface area contributed by atoms with Crippen molar-refractivity contribution in [3.63, 3.8) is 0 Å². The topological polar surface area (TPSA) is 72.6 Å². The number of amides is 2. The van der Waals surface area contributed by atoms with Gasteiger partial charge in [-0.2, -0.15) is 0 Å². The second kappa shape index (κ2) is 4.57. The van der Waals surface area contributed by atoms with Crippen molar-refractivity contribution >= 4 is 11.8 Å². The van der Waals surface area contributed by atoms with Crippen LogP contribution in [-0.4, -0.2) is 29.9 Å². The SMILES string of the molecule is NC(=O)C1CC(=O)N(C2CCOc3ccccc32)C1. The molecule has 2 atom stereocenters. The predicted octanol–water partition coefficient (Wildman–Crippen LogP) is 0.844. The third kappa shape index (κ3) is 2.05. The van der Waals surface area contributed by atoms with Crippen molar-refractivity contribution in [3.05, 3.63) is 29.8 Å². The number of benzene rings is 1. The average molecular weight is 260 g/mol. The number of primary amides is 1. The van der Waals surface area contributed by atoms with Gasteiger partial charge in [-0.05, 0) is 6.07 Å². The van der Waals surface area contributed by atoms with Crippen molar-refractivity contribution in [3.8, 4) is 5.75 Å². The molecule has 2 N–H and O–H groups in total. The van der Waals surface area contributed by atoms with Crippen LogP contribution in [0.25, 0.3) is 0 Å². The molecule has 0 aliphatic carbocycles. The molecule has 1 fully saturated rings. The zero-order chi connectivity index (χ0) is 13.4. The summed E-state index contributed by atoms with van der Waals surface area (Å²) in [6.45, 7) is 1.01. The number of likely N-dealkylation sites (tertiary alicyclic amines) is 1. The number of carbonyl (C=O) groups excluding carboxylic acids is 2. The summed E-state index contributed by atoms with van der Waals surface area (Å²) in [5.41, 5.74) is 6.32. The fourth-order valence-corrected chi connectivity index (χ4v) is 2.87. The van der Waals surface area contributed by atoms with Gasteiger partial charge in [-0.25, -0.2) is 0 Å². The van der Waals surface area contributed by atoms with E-state index in [2.05, 4.69) is 0 Å². The summed E-state index contributed by atoms with van der Waals surface area (Å²) in [6.07, 6.45) is 0.989. The molecule has 2 aliphatic rings. The summed E-state index contributed by atoms with van der Waals surface area (Å²) in [5, 5.41) is 0. The molecule has 0 bridgehead atoms. The van der Waals surface area contributed by atoms with Gasteiger partial charge in [-0.1, -0.05) is 18.2 Å². The number of para-hydroxylation sites is 1. The quantitative estimate of drug-likeness (QED) is 0.856. The Hall–Kier alpha value is -2.04. The highest BCUT2D eigenvalue weighted by atomic mass is 16.5. The predicted molar refractivity (Wildman–Crippen MR) is 68.3 cm³/mol. The molecule has 2 aliphatic heterocycles. The first-order chi connectivity index (χ1) is 9.16. The normalized spacial score (nSPS) is 25.9. The molecule has 2 heterocycles. The first kappa shape index (κ1) is 12.0. The summed E-state index contributed by atoms with van der Waals surface area (Å²) in [6, 6.07) is 7.74. The summed E-state index contributed by atoms with van der Waals surface area (Å²) >= 11 is 0. The van der Waals surface area contributed by atoms with Crippen LogP contribution in [0.5, 0.6) is 5.75 Å². The zero-order valence-corrected chi connectivity index (χ0v) is 10.5. The molecule has 1 aromatic carbocycles. The maximum Gasteiger partial charge on any atom is 0.223 e. The zero-order valence-electron chi connectivity index (χ0n) is 10.5. The van der Waals surface area contributed by atoms with E-state index in [1.54, 1.807) is 4.90 Å². The van der Waals surface area contributed by atoms with Gasteiger partial charge in [0.15, 0.2) is 0 Å². The Balaban J connectivity index is 1.88. The minimum absolute atomic E-state index is 0.00167. The van der Waals surface area contributed by atoms with Gasteiger partial charge in [0.25, 0.3) is 0 Å². The lowest BCUT2D eigenvalue weighted by atomic mass is 9.99. The Morgan fingerprint density at radius 3 is 2.89 bits per heavy atom. The number of hydrogen-bond acceptors (Lipinski definition) is 3. The van der Waals surface area contributed by atoms with E-state index >= 15 is 0 Å². The van der Waals surface area contributed by atoms with Crippen molar-refractivity contribution in [1.82, 2.24) is 4.90 Å². The Kier molecular flexibility index (Phi) is 2.89. The fraction of sp³-hybridized carbons (Fsp3) is 0.429. The van der Waals surface area contributed by atoms with Crippen LogP contribution in [0, 0.1) is 5.92 Å². The number of carbonyl (C=O) groups is 2. The maximum absolute atomic E-state index is 12.1. The van der Waals surface area contributed by atoms with E-state index in [9.17, 15) is 9.59 Å². The van der Waals surface area contributed by atoms with Gasteiger partial charge < -0.3 is 15.4 Å². The summed E-state index contributed by atoms with van der Waals surface area (Å²) < 4.78 is 5.59. The minimum Gasteiger partial charge on any atom is -0.493 e. The highest BCUT2D eigenvalue weighted by Gasteiger charge is 2.39. The second-order valence-electron chi connectivity index (χ2n) is 5.04. The van der Waals surface area contributed by atoms with E-state index < -0.39 is 5.91 Å². The van der Waals surface area contributed by atoms with Crippen LogP contribution >= 0.6 is 0 Å². The van der Waals surface area contributed by atoms with E-state index in [0.29, 0.717) is 13.2 Å². The molecule has 0 saturated carbocycles. The lowest BCUT2D eigenvalue weighted by Gasteiger charge is -2.33. The van der Waals surface area contributed by atoms with Crippen LogP contribution in [0.1, 0.15) is 24.4 Å². The number of rotatable bonds is 2. The number of hydrogen-bond donors (Lipinski definition) is 1. The van der Waals surface area contributed by atoms with E-state index in [-0.39, 0.29) is 24.3 Å². The number of nitrogens with zero attached hydrogens (tertiary/aromatic N) is 1. The Morgan fingerprint density at radius 2 is 2.16 bits per heavy atom. The summed E-state index contributed by atoms with van der Waals surface area (Å²) in [5.74, 6) is 0.0817. The van der Waals surface area contributed by atoms with E-state index in [1.807, 2.05) is 24.3 Å². The highest BCUT2D eigenvalue weighted by molar-refractivity contribution is 5.88. The van der Waals surface area contributed by atoms with Crippen LogP contribution < -0.4 is 10.5 Å². The lowest BCUT2D eigenvalue weighted by Crippen LogP contribution is -2.34. The van der Waals surface area contributed by atoms with Gasteiger partial charge in [0.1, 0.15) is 5.75 Å². The van der Waals surface area contributed by atoms with Gasteiger partial charge in [-0.15, -0.1) is 0 Å². The van der Waals surface area contributed by atoms with Crippen LogP contribution in [0.4, 0.5) is 0 Å². The van der Waals surface area contributed by atoms with Crippen molar-refractivity contribution in [2.24, 2.45) is 11.7 Å². The van der Waals surface area contributed by atoms with Crippen molar-refractivity contribution in [2.75, 3.05) is 13.2 Å². The van der Waals surface area contributed by atoms with Crippen LogP contribution in [0.15, 0.2) is 24.3 Å². The Morgan fingerprint density at radius 1 is 1.37 bits per heavy atom. The number of ether oxygens (including phenoxy) is 1. The van der Waals surface area contributed by atoms with Crippen molar-refractivity contribution in [1.29, 1.82) is 0 Å². The van der Waals surface area contributed by atoms with Gasteiger partial charge in [0.05, 0.1) is 18.6 Å². The molecule has 1 saturated heterocycles. The highest BCUT2D eigenvalue weighted by Crippen LogP contribution is 2.38. The van der Waals surface area contributed by atoms with E-state index in [1.165, 1.54) is 0 Å². The molecule has 2 amide bonds. The molecule has 5 nitrogen and oxygen atoms in total. The van der Waals surface area contributed by atoms with E-state index in [4.69, 9.17) is 10.5 Å². The molecule has 0 spiro atoms.